The molecule has 3 aromatic rings. The third-order valence-electron chi connectivity index (χ3n) is 3.03. The fourth-order valence-corrected chi connectivity index (χ4v) is 2.22. The zero-order valence-electron chi connectivity index (χ0n) is 11.8. The van der Waals surface area contributed by atoms with Crippen molar-refractivity contribution in [2.75, 3.05) is 7.05 Å². The lowest BCUT2D eigenvalue weighted by molar-refractivity contribution is 0.561. The van der Waals surface area contributed by atoms with Crippen LogP contribution in [0.4, 0.5) is 0 Å². The molecule has 0 fully saturated rings. The molecule has 0 unspecified atom stereocenters. The molecule has 5 nitrogen and oxygen atoms in total. The van der Waals surface area contributed by atoms with Crippen molar-refractivity contribution in [1.82, 2.24) is 20.3 Å². The molecule has 3 rings (SSSR count). The maximum atomic E-state index is 5.49. The van der Waals surface area contributed by atoms with E-state index in [9.17, 15) is 0 Å². The number of fused-ring (bicyclic) bond motifs is 1. The summed E-state index contributed by atoms with van der Waals surface area (Å²) in [6.45, 7) is 4.47. The number of hydrogen-bond acceptors (Lipinski definition) is 5. The van der Waals surface area contributed by atoms with Crippen LogP contribution in [0.2, 0.25) is 0 Å². The maximum absolute atomic E-state index is 5.49. The van der Waals surface area contributed by atoms with Crippen molar-refractivity contribution < 1.29 is 4.42 Å². The van der Waals surface area contributed by atoms with Gasteiger partial charge in [-0.15, -0.1) is 0 Å². The van der Waals surface area contributed by atoms with Crippen molar-refractivity contribution in [2.24, 2.45) is 0 Å². The molecule has 0 amide bonds. The normalized spacial score (nSPS) is 11.2. The van der Waals surface area contributed by atoms with E-state index in [1.54, 1.807) is 0 Å². The first-order valence-electron chi connectivity index (χ1n) is 6.52. The molecule has 1 N–H and O–H groups in total. The van der Waals surface area contributed by atoms with Crippen LogP contribution in [-0.4, -0.2) is 22.0 Å². The minimum Gasteiger partial charge on any atom is -0.441 e. The minimum atomic E-state index is 0.653. The molecule has 2 heterocycles. The first-order chi connectivity index (χ1) is 9.65. The third kappa shape index (κ3) is 2.40. The lowest BCUT2D eigenvalue weighted by atomic mass is 10.1. The molecule has 1 aromatic carbocycles. The Bertz CT molecular complexity index is 764. The molecular formula is C15H16N4O. The van der Waals surface area contributed by atoms with Crippen LogP contribution < -0.4 is 5.32 Å². The molecule has 0 aliphatic heterocycles. The van der Waals surface area contributed by atoms with Crippen molar-refractivity contribution in [2.45, 2.75) is 20.4 Å². The van der Waals surface area contributed by atoms with Crippen molar-refractivity contribution in [1.29, 1.82) is 0 Å². The zero-order chi connectivity index (χ0) is 14.1. The largest absolute Gasteiger partial charge is 0.441 e. The van der Waals surface area contributed by atoms with Gasteiger partial charge in [-0.25, -0.2) is 15.0 Å². The summed E-state index contributed by atoms with van der Waals surface area (Å²) in [6.07, 6.45) is 0. The van der Waals surface area contributed by atoms with Gasteiger partial charge in [0.15, 0.2) is 11.5 Å². The number of oxazole rings is 1. The Hall–Kier alpha value is -2.27. The van der Waals surface area contributed by atoms with E-state index < -0.39 is 0 Å². The van der Waals surface area contributed by atoms with Gasteiger partial charge < -0.3 is 9.73 Å². The van der Waals surface area contributed by atoms with Gasteiger partial charge in [-0.05, 0) is 38.2 Å². The summed E-state index contributed by atoms with van der Waals surface area (Å²) in [5.41, 5.74) is 4.54. The van der Waals surface area contributed by atoms with Gasteiger partial charge in [0.25, 0.3) is 0 Å². The fourth-order valence-electron chi connectivity index (χ4n) is 2.22. The van der Waals surface area contributed by atoms with E-state index >= 15 is 0 Å². The second-order valence-electron chi connectivity index (χ2n) is 4.76. The molecule has 102 valence electrons. The summed E-state index contributed by atoms with van der Waals surface area (Å²) < 4.78 is 5.49. The van der Waals surface area contributed by atoms with Crippen molar-refractivity contribution in [3.8, 4) is 11.3 Å². The Morgan fingerprint density at radius 2 is 1.95 bits per heavy atom. The van der Waals surface area contributed by atoms with Crippen LogP contribution in [0.3, 0.4) is 0 Å². The Morgan fingerprint density at radius 1 is 1.10 bits per heavy atom. The molecule has 0 saturated carbocycles. The lowest BCUT2D eigenvalue weighted by Gasteiger charge is -2.05. The van der Waals surface area contributed by atoms with Crippen molar-refractivity contribution >= 4 is 11.1 Å². The van der Waals surface area contributed by atoms with Gasteiger partial charge in [0.05, 0.1) is 12.2 Å². The molecule has 0 aliphatic carbocycles. The number of aryl methyl sites for hydroxylation is 2. The minimum absolute atomic E-state index is 0.653. The van der Waals surface area contributed by atoms with E-state index in [1.165, 1.54) is 0 Å². The van der Waals surface area contributed by atoms with Crippen LogP contribution in [0.15, 0.2) is 28.7 Å². The SMILES string of the molecule is CNCc1nc(C)cc(-c2ccc3oc(C)nc3c2)n1. The van der Waals surface area contributed by atoms with Crippen LogP contribution in [0.1, 0.15) is 17.4 Å². The number of aromatic nitrogens is 3. The molecule has 0 spiro atoms. The molecule has 0 radical (unpaired) electrons. The monoisotopic (exact) mass is 268 g/mol. The van der Waals surface area contributed by atoms with Gasteiger partial charge in [0.1, 0.15) is 11.3 Å². The number of nitrogens with zero attached hydrogens (tertiary/aromatic N) is 3. The first kappa shape index (κ1) is 12.7. The highest BCUT2D eigenvalue weighted by atomic mass is 16.3. The summed E-state index contributed by atoms with van der Waals surface area (Å²) in [6, 6.07) is 7.90. The van der Waals surface area contributed by atoms with Crippen molar-refractivity contribution in [3.63, 3.8) is 0 Å². The van der Waals surface area contributed by atoms with Crippen molar-refractivity contribution in [3.05, 3.63) is 41.7 Å². The quantitative estimate of drug-likeness (QED) is 0.791. The molecule has 0 aliphatic rings. The summed E-state index contributed by atoms with van der Waals surface area (Å²) >= 11 is 0. The highest BCUT2D eigenvalue weighted by molar-refractivity contribution is 5.79. The molecule has 5 heteroatoms. The van der Waals surface area contributed by atoms with Gasteiger partial charge >= 0.3 is 0 Å². The van der Waals surface area contributed by atoms with Gasteiger partial charge in [-0.2, -0.15) is 0 Å². The van der Waals surface area contributed by atoms with Gasteiger partial charge in [0.2, 0.25) is 0 Å². The van der Waals surface area contributed by atoms with Crippen LogP contribution in [0.25, 0.3) is 22.4 Å². The molecule has 0 saturated heterocycles. The predicted molar refractivity (Wildman–Crippen MR) is 77.3 cm³/mol. The second-order valence-corrected chi connectivity index (χ2v) is 4.76. The molecule has 20 heavy (non-hydrogen) atoms. The van der Waals surface area contributed by atoms with Crippen LogP contribution >= 0.6 is 0 Å². The Labute approximate surface area is 117 Å². The summed E-state index contributed by atoms with van der Waals surface area (Å²) in [5.74, 6) is 1.46. The van der Waals surface area contributed by atoms with Crippen LogP contribution in [0.5, 0.6) is 0 Å². The van der Waals surface area contributed by atoms with E-state index in [-0.39, 0.29) is 0 Å². The average molecular weight is 268 g/mol. The summed E-state index contributed by atoms with van der Waals surface area (Å²) in [4.78, 5) is 13.3. The zero-order valence-corrected chi connectivity index (χ0v) is 11.8. The Kier molecular flexibility index (Phi) is 3.20. The topological polar surface area (TPSA) is 63.8 Å². The van der Waals surface area contributed by atoms with E-state index in [2.05, 4.69) is 20.3 Å². The van der Waals surface area contributed by atoms with Gasteiger partial charge in [-0.3, -0.25) is 0 Å². The number of rotatable bonds is 3. The highest BCUT2D eigenvalue weighted by Gasteiger charge is 2.08. The smallest absolute Gasteiger partial charge is 0.192 e. The lowest BCUT2D eigenvalue weighted by Crippen LogP contribution is -2.10. The Morgan fingerprint density at radius 3 is 2.75 bits per heavy atom. The van der Waals surface area contributed by atoms with Gasteiger partial charge in [-0.1, -0.05) is 0 Å². The highest BCUT2D eigenvalue weighted by Crippen LogP contribution is 2.23. The molecule has 0 atom stereocenters. The van der Waals surface area contributed by atoms with E-state index in [1.807, 2.05) is 45.2 Å². The number of nitrogens with one attached hydrogen (secondary N) is 1. The third-order valence-corrected chi connectivity index (χ3v) is 3.03. The van der Waals surface area contributed by atoms with E-state index in [4.69, 9.17) is 4.42 Å². The number of hydrogen-bond donors (Lipinski definition) is 1. The summed E-state index contributed by atoms with van der Waals surface area (Å²) in [7, 11) is 1.88. The molecule has 0 bridgehead atoms. The molecular weight excluding hydrogens is 252 g/mol. The van der Waals surface area contributed by atoms with E-state index in [0.29, 0.717) is 12.4 Å². The predicted octanol–water partition coefficient (Wildman–Crippen LogP) is 2.62. The fraction of sp³-hybridized carbons (Fsp3) is 0.267. The van der Waals surface area contributed by atoms with Gasteiger partial charge in [0, 0.05) is 18.2 Å². The van der Waals surface area contributed by atoms with Crippen LogP contribution in [-0.2, 0) is 6.54 Å². The second kappa shape index (κ2) is 5.02. The first-order valence-corrected chi connectivity index (χ1v) is 6.52. The molecule has 2 aromatic heterocycles. The standard InChI is InChI=1S/C15H16N4O/c1-9-6-12(19-15(17-9)8-16-3)11-4-5-14-13(7-11)18-10(2)20-14/h4-7,16H,8H2,1-3H3. The maximum Gasteiger partial charge on any atom is 0.192 e. The average Bonchev–Trinajstić information content (AvgIpc) is 2.77. The van der Waals surface area contributed by atoms with Crippen LogP contribution in [0, 0.1) is 13.8 Å². The summed E-state index contributed by atoms with van der Waals surface area (Å²) in [5, 5.41) is 3.07. The number of benzene rings is 1. The van der Waals surface area contributed by atoms with E-state index in [0.717, 1.165) is 33.9 Å². The Balaban J connectivity index is 2.09.